The van der Waals surface area contributed by atoms with Gasteiger partial charge < -0.3 is 14.4 Å². The SMILES string of the molecule is CC1(C)OB(c2cc(F)c(CCC(=O)O)cc2F)OC1(C)C. The second-order valence-corrected chi connectivity index (χ2v) is 6.45. The molecule has 0 atom stereocenters. The lowest BCUT2D eigenvalue weighted by molar-refractivity contribution is -0.136. The van der Waals surface area contributed by atoms with E-state index in [0.29, 0.717) is 0 Å². The van der Waals surface area contributed by atoms with Gasteiger partial charge in [0.2, 0.25) is 0 Å². The maximum Gasteiger partial charge on any atom is 0.497 e. The Hall–Kier alpha value is -1.47. The Bertz CT molecular complexity index is 585. The summed E-state index contributed by atoms with van der Waals surface area (Å²) < 4.78 is 39.7. The highest BCUT2D eigenvalue weighted by molar-refractivity contribution is 6.62. The second-order valence-electron chi connectivity index (χ2n) is 6.45. The Morgan fingerprint density at radius 1 is 1.14 bits per heavy atom. The van der Waals surface area contributed by atoms with Crippen LogP contribution in [0.4, 0.5) is 8.78 Å². The predicted molar refractivity (Wildman–Crippen MR) is 78.0 cm³/mol. The molecule has 0 amide bonds. The van der Waals surface area contributed by atoms with E-state index in [9.17, 15) is 13.6 Å². The largest absolute Gasteiger partial charge is 0.497 e. The first-order valence-electron chi connectivity index (χ1n) is 7.09. The van der Waals surface area contributed by atoms with Crippen LogP contribution in [0.2, 0.25) is 0 Å². The van der Waals surface area contributed by atoms with Gasteiger partial charge in [-0.3, -0.25) is 4.79 Å². The van der Waals surface area contributed by atoms with Gasteiger partial charge in [-0.1, -0.05) is 0 Å². The molecule has 1 aromatic rings. The minimum atomic E-state index is -1.06. The number of hydrogen-bond acceptors (Lipinski definition) is 3. The molecule has 1 aliphatic rings. The molecule has 1 fully saturated rings. The fourth-order valence-corrected chi connectivity index (χ4v) is 2.19. The molecule has 0 saturated carbocycles. The van der Waals surface area contributed by atoms with Gasteiger partial charge in [-0.25, -0.2) is 8.78 Å². The van der Waals surface area contributed by atoms with Crippen LogP contribution < -0.4 is 5.46 Å². The Morgan fingerprint density at radius 2 is 1.68 bits per heavy atom. The number of carboxylic acids is 1. The van der Waals surface area contributed by atoms with E-state index in [1.807, 2.05) is 27.7 Å². The molecule has 0 radical (unpaired) electrons. The molecule has 2 rings (SSSR count). The van der Waals surface area contributed by atoms with Crippen molar-refractivity contribution in [1.82, 2.24) is 0 Å². The maximum atomic E-state index is 14.2. The van der Waals surface area contributed by atoms with Crippen LogP contribution in [-0.2, 0) is 20.5 Å². The molecule has 1 heterocycles. The zero-order chi connectivity index (χ0) is 16.7. The summed E-state index contributed by atoms with van der Waals surface area (Å²) in [5.74, 6) is -2.39. The molecule has 0 bridgehead atoms. The Labute approximate surface area is 128 Å². The molecule has 1 saturated heterocycles. The molecule has 120 valence electrons. The van der Waals surface area contributed by atoms with Crippen LogP contribution in [0, 0.1) is 11.6 Å². The molecule has 1 N–H and O–H groups in total. The van der Waals surface area contributed by atoms with Crippen molar-refractivity contribution in [2.45, 2.75) is 51.7 Å². The molecular formula is C15H19BF2O4. The van der Waals surface area contributed by atoms with Gasteiger partial charge in [0, 0.05) is 11.9 Å². The van der Waals surface area contributed by atoms with Crippen LogP contribution >= 0.6 is 0 Å². The first-order valence-corrected chi connectivity index (χ1v) is 7.09. The van der Waals surface area contributed by atoms with Crippen molar-refractivity contribution in [2.75, 3.05) is 0 Å². The fourth-order valence-electron chi connectivity index (χ4n) is 2.19. The van der Waals surface area contributed by atoms with Crippen LogP contribution in [0.3, 0.4) is 0 Å². The molecule has 0 unspecified atom stereocenters. The monoisotopic (exact) mass is 312 g/mol. The average Bonchev–Trinajstić information content (AvgIpc) is 2.58. The molecule has 0 aromatic heterocycles. The number of carbonyl (C=O) groups is 1. The zero-order valence-corrected chi connectivity index (χ0v) is 13.1. The normalized spacial score (nSPS) is 19.5. The average molecular weight is 312 g/mol. The lowest BCUT2D eigenvalue weighted by atomic mass is 9.78. The van der Waals surface area contributed by atoms with E-state index in [1.54, 1.807) is 0 Å². The summed E-state index contributed by atoms with van der Waals surface area (Å²) in [6, 6.07) is 2.04. The van der Waals surface area contributed by atoms with Crippen molar-refractivity contribution >= 4 is 18.6 Å². The lowest BCUT2D eigenvalue weighted by Gasteiger charge is -2.32. The van der Waals surface area contributed by atoms with Crippen molar-refractivity contribution in [3.8, 4) is 0 Å². The highest BCUT2D eigenvalue weighted by atomic mass is 19.1. The fraction of sp³-hybridized carbons (Fsp3) is 0.533. The molecule has 4 nitrogen and oxygen atoms in total. The summed E-state index contributed by atoms with van der Waals surface area (Å²) in [5.41, 5.74) is -1.29. The summed E-state index contributed by atoms with van der Waals surface area (Å²) >= 11 is 0. The van der Waals surface area contributed by atoms with Crippen molar-refractivity contribution in [2.24, 2.45) is 0 Å². The first kappa shape index (κ1) is 16.9. The number of halogens is 2. The lowest BCUT2D eigenvalue weighted by Crippen LogP contribution is -2.41. The zero-order valence-electron chi connectivity index (χ0n) is 13.1. The van der Waals surface area contributed by atoms with Crippen LogP contribution in [-0.4, -0.2) is 29.4 Å². The smallest absolute Gasteiger partial charge is 0.481 e. The van der Waals surface area contributed by atoms with E-state index in [2.05, 4.69) is 0 Å². The predicted octanol–water partition coefficient (Wildman–Crippen LogP) is 2.28. The topological polar surface area (TPSA) is 55.8 Å². The molecule has 7 heteroatoms. The Morgan fingerprint density at radius 3 is 2.18 bits per heavy atom. The highest BCUT2D eigenvalue weighted by Gasteiger charge is 2.52. The van der Waals surface area contributed by atoms with Crippen LogP contribution in [0.1, 0.15) is 39.7 Å². The number of hydrogen-bond donors (Lipinski definition) is 1. The van der Waals surface area contributed by atoms with Crippen LogP contribution in [0.5, 0.6) is 0 Å². The van der Waals surface area contributed by atoms with E-state index in [1.165, 1.54) is 0 Å². The van der Waals surface area contributed by atoms with E-state index in [-0.39, 0.29) is 23.9 Å². The Kier molecular flexibility index (Phi) is 4.32. The molecule has 0 spiro atoms. The summed E-state index contributed by atoms with van der Waals surface area (Å²) in [4.78, 5) is 10.5. The standard InChI is InChI=1S/C15H19BF2O4/c1-14(2)15(3,4)22-16(21-14)10-8-11(17)9(7-12(10)18)5-6-13(19)20/h7-8H,5-6H2,1-4H3,(H,19,20). The first-order chi connectivity index (χ1) is 10.0. The number of aliphatic carboxylic acids is 1. The van der Waals surface area contributed by atoms with Gasteiger partial charge in [-0.15, -0.1) is 0 Å². The van der Waals surface area contributed by atoms with Gasteiger partial charge in [-0.05, 0) is 51.8 Å². The molecule has 1 aliphatic heterocycles. The summed E-state index contributed by atoms with van der Waals surface area (Å²) in [5, 5.41) is 8.62. The highest BCUT2D eigenvalue weighted by Crippen LogP contribution is 2.36. The van der Waals surface area contributed by atoms with Crippen LogP contribution in [0.15, 0.2) is 12.1 Å². The van der Waals surface area contributed by atoms with Crippen molar-refractivity contribution < 1.29 is 28.0 Å². The number of benzene rings is 1. The van der Waals surface area contributed by atoms with E-state index in [0.717, 1.165) is 12.1 Å². The molecule has 1 aromatic carbocycles. The van der Waals surface area contributed by atoms with Gasteiger partial charge in [-0.2, -0.15) is 0 Å². The van der Waals surface area contributed by atoms with E-state index >= 15 is 0 Å². The maximum absolute atomic E-state index is 14.2. The van der Waals surface area contributed by atoms with Gasteiger partial charge in [0.1, 0.15) is 11.6 Å². The van der Waals surface area contributed by atoms with Gasteiger partial charge in [0.05, 0.1) is 11.2 Å². The third kappa shape index (κ3) is 3.15. The van der Waals surface area contributed by atoms with Crippen molar-refractivity contribution in [1.29, 1.82) is 0 Å². The van der Waals surface area contributed by atoms with Crippen molar-refractivity contribution in [3.63, 3.8) is 0 Å². The minimum Gasteiger partial charge on any atom is -0.481 e. The quantitative estimate of drug-likeness (QED) is 0.867. The van der Waals surface area contributed by atoms with Gasteiger partial charge in [0.25, 0.3) is 0 Å². The second kappa shape index (κ2) is 5.63. The molecule has 22 heavy (non-hydrogen) atoms. The summed E-state index contributed by atoms with van der Waals surface area (Å²) in [6.07, 6.45) is -0.325. The van der Waals surface area contributed by atoms with Crippen LogP contribution in [0.25, 0.3) is 0 Å². The Balaban J connectivity index is 2.27. The third-order valence-electron chi connectivity index (χ3n) is 4.28. The number of aryl methyl sites for hydroxylation is 1. The number of carboxylic acid groups (broad SMARTS) is 1. The van der Waals surface area contributed by atoms with Gasteiger partial charge >= 0.3 is 13.1 Å². The molecule has 0 aliphatic carbocycles. The number of rotatable bonds is 4. The third-order valence-corrected chi connectivity index (χ3v) is 4.28. The molecular weight excluding hydrogens is 293 g/mol. The minimum absolute atomic E-state index is 0.0183. The van der Waals surface area contributed by atoms with E-state index < -0.39 is 35.9 Å². The summed E-state index contributed by atoms with van der Waals surface area (Å²) in [7, 11) is -0.993. The summed E-state index contributed by atoms with van der Waals surface area (Å²) in [6.45, 7) is 7.29. The van der Waals surface area contributed by atoms with E-state index in [4.69, 9.17) is 14.4 Å². The van der Waals surface area contributed by atoms with Gasteiger partial charge in [0.15, 0.2) is 0 Å². The van der Waals surface area contributed by atoms with Crippen molar-refractivity contribution in [3.05, 3.63) is 29.3 Å².